The highest BCUT2D eigenvalue weighted by atomic mass is 19.1. The van der Waals surface area contributed by atoms with Gasteiger partial charge >= 0.3 is 0 Å². The number of amides is 2. The van der Waals surface area contributed by atoms with Crippen molar-refractivity contribution in [2.75, 3.05) is 11.9 Å². The van der Waals surface area contributed by atoms with Crippen LogP contribution in [-0.4, -0.2) is 18.4 Å². The number of rotatable bonds is 6. The third-order valence-corrected chi connectivity index (χ3v) is 3.46. The molecule has 0 radical (unpaired) electrons. The normalized spacial score (nSPS) is 9.96. The highest BCUT2D eigenvalue weighted by Gasteiger charge is 2.14. The van der Waals surface area contributed by atoms with Crippen LogP contribution in [0.15, 0.2) is 42.5 Å². The first kappa shape index (κ1) is 18.1. The second kappa shape index (κ2) is 8.60. The third-order valence-electron chi connectivity index (χ3n) is 3.46. The summed E-state index contributed by atoms with van der Waals surface area (Å²) in [7, 11) is 0. The van der Waals surface area contributed by atoms with Crippen molar-refractivity contribution in [3.8, 4) is 12.3 Å². The van der Waals surface area contributed by atoms with Crippen molar-refractivity contribution in [1.29, 1.82) is 0 Å². The second-order valence-corrected chi connectivity index (χ2v) is 5.18. The molecule has 2 amide bonds. The van der Waals surface area contributed by atoms with Crippen LogP contribution in [-0.2, 0) is 11.2 Å². The molecule has 6 heteroatoms. The minimum absolute atomic E-state index is 0.0632. The highest BCUT2D eigenvalue weighted by molar-refractivity contribution is 6.03. The molecular formula is C19H16F2N2O2. The van der Waals surface area contributed by atoms with Crippen LogP contribution in [0.5, 0.6) is 0 Å². The van der Waals surface area contributed by atoms with Crippen LogP contribution in [0.1, 0.15) is 22.3 Å². The maximum Gasteiger partial charge on any atom is 0.254 e. The van der Waals surface area contributed by atoms with Crippen LogP contribution in [0.2, 0.25) is 0 Å². The number of terminal acetylenes is 1. The largest absolute Gasteiger partial charge is 0.341 e. The van der Waals surface area contributed by atoms with Crippen LogP contribution in [0.4, 0.5) is 14.5 Å². The van der Waals surface area contributed by atoms with Gasteiger partial charge < -0.3 is 10.6 Å². The lowest BCUT2D eigenvalue weighted by atomic mass is 10.1. The van der Waals surface area contributed by atoms with E-state index in [-0.39, 0.29) is 30.5 Å². The second-order valence-electron chi connectivity index (χ2n) is 5.18. The molecule has 0 spiro atoms. The fraction of sp³-hybridized carbons (Fsp3) is 0.158. The molecule has 0 atom stereocenters. The van der Waals surface area contributed by atoms with E-state index in [4.69, 9.17) is 6.42 Å². The van der Waals surface area contributed by atoms with Gasteiger partial charge in [0.1, 0.15) is 11.6 Å². The minimum Gasteiger partial charge on any atom is -0.341 e. The summed E-state index contributed by atoms with van der Waals surface area (Å²) < 4.78 is 27.2. The van der Waals surface area contributed by atoms with Crippen LogP contribution < -0.4 is 10.6 Å². The van der Waals surface area contributed by atoms with Gasteiger partial charge in [0, 0.05) is 12.0 Å². The quantitative estimate of drug-likeness (QED) is 0.793. The van der Waals surface area contributed by atoms with E-state index in [0.717, 1.165) is 12.1 Å². The zero-order valence-electron chi connectivity index (χ0n) is 13.3. The summed E-state index contributed by atoms with van der Waals surface area (Å²) in [6.45, 7) is 0.0632. The molecule has 4 nitrogen and oxygen atoms in total. The molecular weight excluding hydrogens is 326 g/mol. The molecule has 2 N–H and O–H groups in total. The predicted octanol–water partition coefficient (Wildman–Crippen LogP) is 2.90. The molecule has 0 bridgehead atoms. The van der Waals surface area contributed by atoms with Crippen LogP contribution in [0, 0.1) is 24.0 Å². The molecule has 2 rings (SSSR count). The maximum absolute atomic E-state index is 13.6. The summed E-state index contributed by atoms with van der Waals surface area (Å²) in [5, 5.41) is 5.09. The van der Waals surface area contributed by atoms with Crippen molar-refractivity contribution >= 4 is 17.5 Å². The Bertz CT molecular complexity index is 808. The van der Waals surface area contributed by atoms with Crippen molar-refractivity contribution in [3.63, 3.8) is 0 Å². The summed E-state index contributed by atoms with van der Waals surface area (Å²) in [4.78, 5) is 24.1. The van der Waals surface area contributed by atoms with Gasteiger partial charge in [-0.3, -0.25) is 9.59 Å². The molecule has 128 valence electrons. The molecule has 0 heterocycles. The smallest absolute Gasteiger partial charge is 0.254 e. The van der Waals surface area contributed by atoms with Gasteiger partial charge in [-0.1, -0.05) is 24.1 Å². The molecule has 0 aromatic heterocycles. The van der Waals surface area contributed by atoms with Gasteiger partial charge in [-0.25, -0.2) is 8.78 Å². The average Bonchev–Trinajstić information content (AvgIpc) is 2.59. The Kier molecular flexibility index (Phi) is 6.24. The minimum atomic E-state index is -0.693. The topological polar surface area (TPSA) is 58.2 Å². The van der Waals surface area contributed by atoms with Gasteiger partial charge in [0.05, 0.1) is 17.8 Å². The van der Waals surface area contributed by atoms with Crippen LogP contribution >= 0.6 is 0 Å². The fourth-order valence-corrected chi connectivity index (χ4v) is 2.24. The number of halogens is 2. The molecule has 2 aromatic carbocycles. The molecule has 0 aliphatic carbocycles. The molecule has 0 aliphatic heterocycles. The lowest BCUT2D eigenvalue weighted by Gasteiger charge is -2.11. The Labute approximate surface area is 144 Å². The number of hydrogen-bond donors (Lipinski definition) is 2. The number of hydrogen-bond acceptors (Lipinski definition) is 2. The first-order valence-electron chi connectivity index (χ1n) is 7.56. The number of carbonyl (C=O) groups is 2. The van der Waals surface area contributed by atoms with E-state index in [1.807, 2.05) is 0 Å². The van der Waals surface area contributed by atoms with Gasteiger partial charge in [-0.2, -0.15) is 0 Å². The summed E-state index contributed by atoms with van der Waals surface area (Å²) in [5.41, 5.74) is 0.414. The van der Waals surface area contributed by atoms with Crippen molar-refractivity contribution in [1.82, 2.24) is 5.32 Å². The third kappa shape index (κ3) is 4.88. The lowest BCUT2D eigenvalue weighted by Crippen LogP contribution is -2.25. The summed E-state index contributed by atoms with van der Waals surface area (Å²) >= 11 is 0. The fourth-order valence-electron chi connectivity index (χ4n) is 2.24. The standard InChI is InChI=1S/C19H16F2N2O2/c1-2-12-22-19(25)14-6-3-4-9-17(14)23-18(24)11-10-13-15(20)7-5-8-16(13)21/h1,3-9H,10-12H2,(H,22,25)(H,23,24). The Balaban J connectivity index is 2.04. The van der Waals surface area contributed by atoms with E-state index in [1.54, 1.807) is 18.2 Å². The van der Waals surface area contributed by atoms with E-state index < -0.39 is 23.4 Å². The Morgan fingerprint density at radius 3 is 2.40 bits per heavy atom. The molecule has 0 saturated heterocycles. The molecule has 0 fully saturated rings. The van der Waals surface area contributed by atoms with Gasteiger partial charge in [-0.15, -0.1) is 6.42 Å². The van der Waals surface area contributed by atoms with E-state index in [2.05, 4.69) is 16.6 Å². The van der Waals surface area contributed by atoms with Crippen LogP contribution in [0.3, 0.4) is 0 Å². The Morgan fingerprint density at radius 1 is 1.04 bits per heavy atom. The number of carbonyl (C=O) groups excluding carboxylic acids is 2. The summed E-state index contributed by atoms with van der Waals surface area (Å²) in [6, 6.07) is 9.95. The molecule has 0 aliphatic rings. The highest BCUT2D eigenvalue weighted by Crippen LogP contribution is 2.17. The molecule has 0 saturated carbocycles. The number of para-hydroxylation sites is 1. The molecule has 0 unspecified atom stereocenters. The number of nitrogens with one attached hydrogen (secondary N) is 2. The van der Waals surface area contributed by atoms with Crippen LogP contribution in [0.25, 0.3) is 0 Å². The zero-order chi connectivity index (χ0) is 18.2. The van der Waals surface area contributed by atoms with Crippen molar-refractivity contribution in [3.05, 3.63) is 65.2 Å². The number of anilines is 1. The molecule has 2 aromatic rings. The summed E-state index contributed by atoms with van der Waals surface area (Å²) in [6.07, 6.45) is 4.88. The first-order chi connectivity index (χ1) is 12.0. The van der Waals surface area contributed by atoms with Crippen molar-refractivity contribution in [2.24, 2.45) is 0 Å². The van der Waals surface area contributed by atoms with Crippen molar-refractivity contribution < 1.29 is 18.4 Å². The number of benzene rings is 2. The maximum atomic E-state index is 13.6. The SMILES string of the molecule is C#CCNC(=O)c1ccccc1NC(=O)CCc1c(F)cccc1F. The van der Waals surface area contributed by atoms with Gasteiger partial charge in [0.15, 0.2) is 0 Å². The van der Waals surface area contributed by atoms with E-state index >= 15 is 0 Å². The Morgan fingerprint density at radius 2 is 1.72 bits per heavy atom. The van der Waals surface area contributed by atoms with E-state index in [1.165, 1.54) is 12.1 Å². The van der Waals surface area contributed by atoms with Gasteiger partial charge in [0.2, 0.25) is 5.91 Å². The lowest BCUT2D eigenvalue weighted by molar-refractivity contribution is -0.116. The van der Waals surface area contributed by atoms with E-state index in [9.17, 15) is 18.4 Å². The average molecular weight is 342 g/mol. The summed E-state index contributed by atoms with van der Waals surface area (Å²) in [5.74, 6) is 0.0212. The first-order valence-corrected chi connectivity index (χ1v) is 7.56. The Hall–Kier alpha value is -3.20. The van der Waals surface area contributed by atoms with Gasteiger partial charge in [0.25, 0.3) is 5.91 Å². The van der Waals surface area contributed by atoms with E-state index in [0.29, 0.717) is 5.69 Å². The zero-order valence-corrected chi connectivity index (χ0v) is 13.3. The monoisotopic (exact) mass is 342 g/mol. The predicted molar refractivity (Wildman–Crippen MR) is 90.9 cm³/mol. The van der Waals surface area contributed by atoms with Crippen molar-refractivity contribution in [2.45, 2.75) is 12.8 Å². The molecule has 25 heavy (non-hydrogen) atoms. The van der Waals surface area contributed by atoms with Gasteiger partial charge in [-0.05, 0) is 30.7 Å².